The van der Waals surface area contributed by atoms with Gasteiger partial charge in [0.2, 0.25) is 6.29 Å². The van der Waals surface area contributed by atoms with E-state index in [1.54, 1.807) is 6.07 Å². The van der Waals surface area contributed by atoms with Crippen LogP contribution in [-0.4, -0.2) is 10.9 Å². The monoisotopic (exact) mass is 172 g/mol. The van der Waals surface area contributed by atoms with Gasteiger partial charge >= 0.3 is 0 Å². The molecule has 0 aliphatic carbocycles. The summed E-state index contributed by atoms with van der Waals surface area (Å²) in [6, 6.07) is 7.62. The molecule has 1 heterocycles. The minimum Gasteiger partial charge on any atom is -0.348 e. The van der Waals surface area contributed by atoms with Crippen molar-refractivity contribution in [2.45, 2.75) is 13.5 Å². The zero-order valence-electron chi connectivity index (χ0n) is 7.45. The van der Waals surface area contributed by atoms with E-state index in [4.69, 9.17) is 0 Å². The maximum atomic E-state index is 10.4. The topological polar surface area (TPSA) is 22.0 Å². The van der Waals surface area contributed by atoms with Gasteiger partial charge < -0.3 is 4.57 Å². The second-order valence-electron chi connectivity index (χ2n) is 2.98. The molecule has 0 saturated carbocycles. The summed E-state index contributed by atoms with van der Waals surface area (Å²) in [7, 11) is 0. The molecular weight excluding hydrogens is 162 g/mol. The number of nitrogens with zero attached hydrogens (tertiary/aromatic N) is 1. The van der Waals surface area contributed by atoms with Crippen molar-refractivity contribution in [2.24, 2.45) is 0 Å². The third kappa shape index (κ3) is 1.24. The largest absolute Gasteiger partial charge is 0.348 e. The smallest absolute Gasteiger partial charge is 0.233 e. The van der Waals surface area contributed by atoms with Crippen LogP contribution in [-0.2, 0) is 11.3 Å². The Labute approximate surface area is 76.8 Å². The average Bonchev–Trinajstić information content (AvgIpc) is 2.59. The molecule has 0 unspecified atom stereocenters. The maximum Gasteiger partial charge on any atom is 0.233 e. The summed E-state index contributed by atoms with van der Waals surface area (Å²) in [5.41, 5.74) is 1.78. The molecule has 1 aromatic carbocycles. The number of aromatic nitrogens is 1. The molecule has 65 valence electrons. The number of carbonyl (C=O) groups excluding carboxylic acids is 1. The quantitative estimate of drug-likeness (QED) is 0.680. The highest BCUT2D eigenvalue weighted by Crippen LogP contribution is 2.16. The van der Waals surface area contributed by atoms with E-state index in [9.17, 15) is 4.79 Å². The van der Waals surface area contributed by atoms with Gasteiger partial charge in [-0.2, -0.15) is 0 Å². The molecule has 1 aromatic heterocycles. The summed E-state index contributed by atoms with van der Waals surface area (Å²) in [5.74, 6) is 0. The predicted molar refractivity (Wildman–Crippen MR) is 52.4 cm³/mol. The Hall–Kier alpha value is -1.57. The molecule has 2 heteroatoms. The van der Waals surface area contributed by atoms with Crippen LogP contribution in [0.4, 0.5) is 0 Å². The standard InChI is InChI=1S/C11H10NO/c1-2-12-6-5-10-7-9(8-13)3-4-11(10)12/h3-7H,2H2,1H3. The van der Waals surface area contributed by atoms with Crippen LogP contribution in [0.3, 0.4) is 0 Å². The fourth-order valence-electron chi connectivity index (χ4n) is 1.54. The molecule has 2 rings (SSSR count). The third-order valence-electron chi connectivity index (χ3n) is 2.23. The van der Waals surface area contributed by atoms with Crippen molar-refractivity contribution >= 4 is 17.2 Å². The molecular formula is C11H10NO. The van der Waals surface area contributed by atoms with Crippen molar-refractivity contribution in [3.63, 3.8) is 0 Å². The van der Waals surface area contributed by atoms with E-state index in [1.165, 1.54) is 5.52 Å². The minimum absolute atomic E-state index is 0.612. The first-order valence-corrected chi connectivity index (χ1v) is 4.32. The average molecular weight is 172 g/mol. The fourth-order valence-corrected chi connectivity index (χ4v) is 1.54. The van der Waals surface area contributed by atoms with Gasteiger partial charge in [0.15, 0.2) is 0 Å². The first-order valence-electron chi connectivity index (χ1n) is 4.32. The van der Waals surface area contributed by atoms with E-state index in [2.05, 4.69) is 11.5 Å². The Morgan fingerprint density at radius 3 is 2.92 bits per heavy atom. The molecule has 0 amide bonds. The van der Waals surface area contributed by atoms with E-state index in [0.29, 0.717) is 5.56 Å². The second-order valence-corrected chi connectivity index (χ2v) is 2.98. The highest BCUT2D eigenvalue weighted by atomic mass is 16.1. The molecule has 0 spiro atoms. The first kappa shape index (κ1) is 8.05. The van der Waals surface area contributed by atoms with Crippen molar-refractivity contribution in [1.82, 2.24) is 4.57 Å². The molecule has 0 bridgehead atoms. The normalized spacial score (nSPS) is 10.5. The van der Waals surface area contributed by atoms with Crippen LogP contribution < -0.4 is 0 Å². The Morgan fingerprint density at radius 2 is 2.23 bits per heavy atom. The van der Waals surface area contributed by atoms with Crippen molar-refractivity contribution in [1.29, 1.82) is 0 Å². The van der Waals surface area contributed by atoms with Crippen LogP contribution in [0.15, 0.2) is 30.5 Å². The van der Waals surface area contributed by atoms with Gasteiger partial charge in [-0.15, -0.1) is 0 Å². The minimum atomic E-state index is 0.612. The zero-order valence-corrected chi connectivity index (χ0v) is 7.45. The van der Waals surface area contributed by atoms with Gasteiger partial charge in [-0.05, 0) is 31.2 Å². The summed E-state index contributed by atoms with van der Waals surface area (Å²) in [5, 5.41) is 1.10. The lowest BCUT2D eigenvalue weighted by atomic mass is 10.2. The van der Waals surface area contributed by atoms with Crippen LogP contribution in [0.25, 0.3) is 10.9 Å². The van der Waals surface area contributed by atoms with Gasteiger partial charge in [0, 0.05) is 29.2 Å². The molecule has 0 fully saturated rings. The lowest BCUT2D eigenvalue weighted by molar-refractivity contribution is 0.563. The Balaban J connectivity index is 2.67. The SMILES string of the molecule is CCn1ccc2cc([C]=O)ccc21. The summed E-state index contributed by atoms with van der Waals surface area (Å²) in [4.78, 5) is 10.4. The van der Waals surface area contributed by atoms with E-state index < -0.39 is 0 Å². The molecule has 0 aliphatic heterocycles. The van der Waals surface area contributed by atoms with Gasteiger partial charge in [0.05, 0.1) is 0 Å². The summed E-state index contributed by atoms with van der Waals surface area (Å²) >= 11 is 0. The van der Waals surface area contributed by atoms with Gasteiger partial charge in [-0.1, -0.05) is 0 Å². The van der Waals surface area contributed by atoms with Crippen molar-refractivity contribution in [2.75, 3.05) is 0 Å². The van der Waals surface area contributed by atoms with Gasteiger partial charge in [-0.3, -0.25) is 4.79 Å². The number of hydrogen-bond donors (Lipinski definition) is 0. The zero-order chi connectivity index (χ0) is 9.26. The molecule has 0 N–H and O–H groups in total. The maximum absolute atomic E-state index is 10.4. The van der Waals surface area contributed by atoms with Gasteiger partial charge in [0.1, 0.15) is 0 Å². The van der Waals surface area contributed by atoms with E-state index >= 15 is 0 Å². The van der Waals surface area contributed by atoms with Crippen LogP contribution in [0.1, 0.15) is 12.5 Å². The summed E-state index contributed by atoms with van der Waals surface area (Å²) < 4.78 is 2.14. The second kappa shape index (κ2) is 3.05. The van der Waals surface area contributed by atoms with Crippen molar-refractivity contribution in [3.8, 4) is 0 Å². The molecule has 0 aliphatic rings. The van der Waals surface area contributed by atoms with Crippen LogP contribution in [0, 0.1) is 0 Å². The van der Waals surface area contributed by atoms with E-state index in [-0.39, 0.29) is 0 Å². The molecule has 1 radical (unpaired) electrons. The number of hydrogen-bond acceptors (Lipinski definition) is 1. The third-order valence-corrected chi connectivity index (χ3v) is 2.23. The predicted octanol–water partition coefficient (Wildman–Crippen LogP) is 2.12. The Bertz CT molecular complexity index is 442. The van der Waals surface area contributed by atoms with Crippen LogP contribution in [0.5, 0.6) is 0 Å². The summed E-state index contributed by atoms with van der Waals surface area (Å²) in [6.45, 7) is 3.05. The lowest BCUT2D eigenvalue weighted by Crippen LogP contribution is -1.90. The Morgan fingerprint density at radius 1 is 1.38 bits per heavy atom. The first-order chi connectivity index (χ1) is 6.35. The van der Waals surface area contributed by atoms with Gasteiger partial charge in [-0.25, -0.2) is 0 Å². The van der Waals surface area contributed by atoms with E-state index in [0.717, 1.165) is 11.9 Å². The summed E-state index contributed by atoms with van der Waals surface area (Å²) in [6.07, 6.45) is 3.91. The number of fused-ring (bicyclic) bond motifs is 1. The molecule has 0 atom stereocenters. The lowest BCUT2D eigenvalue weighted by Gasteiger charge is -1.99. The van der Waals surface area contributed by atoms with Crippen molar-refractivity contribution in [3.05, 3.63) is 36.0 Å². The number of aryl methyl sites for hydroxylation is 1. The highest BCUT2D eigenvalue weighted by Gasteiger charge is 1.99. The highest BCUT2D eigenvalue weighted by molar-refractivity contribution is 5.87. The van der Waals surface area contributed by atoms with Crippen LogP contribution in [0.2, 0.25) is 0 Å². The number of benzene rings is 1. The fraction of sp³-hybridized carbons (Fsp3) is 0.182. The number of rotatable bonds is 2. The van der Waals surface area contributed by atoms with Gasteiger partial charge in [0.25, 0.3) is 0 Å². The molecule has 13 heavy (non-hydrogen) atoms. The molecule has 2 nitrogen and oxygen atoms in total. The van der Waals surface area contributed by atoms with E-state index in [1.807, 2.05) is 30.7 Å². The molecule has 0 saturated heterocycles. The Kier molecular flexibility index (Phi) is 1.89. The molecule has 2 aromatic rings. The van der Waals surface area contributed by atoms with Crippen LogP contribution >= 0.6 is 0 Å². The van der Waals surface area contributed by atoms with Crippen molar-refractivity contribution < 1.29 is 4.79 Å².